The number of carbonyl (C=O) groups excluding carboxylic acids is 1. The third-order valence-electron chi connectivity index (χ3n) is 3.45. The van der Waals surface area contributed by atoms with Crippen LogP contribution in [0.5, 0.6) is 0 Å². The first-order valence-electron chi connectivity index (χ1n) is 7.65. The van der Waals surface area contributed by atoms with Crippen molar-refractivity contribution in [2.45, 2.75) is 6.92 Å². The Morgan fingerprint density at radius 2 is 2.20 bits per heavy atom. The summed E-state index contributed by atoms with van der Waals surface area (Å²) < 4.78 is 5.28. The molecule has 0 aromatic carbocycles. The van der Waals surface area contributed by atoms with E-state index in [1.54, 1.807) is 42.0 Å². The lowest BCUT2D eigenvalue weighted by Gasteiger charge is -2.14. The molecular formula is C18H17N5O2. The van der Waals surface area contributed by atoms with Crippen LogP contribution in [-0.4, -0.2) is 32.3 Å². The molecule has 0 aliphatic rings. The van der Waals surface area contributed by atoms with E-state index in [0.29, 0.717) is 11.6 Å². The average Bonchev–Trinajstić information content (AvgIpc) is 3.15. The lowest BCUT2D eigenvalue weighted by atomic mass is 10.1. The van der Waals surface area contributed by atoms with Gasteiger partial charge in [-0.1, -0.05) is 12.7 Å². The molecule has 25 heavy (non-hydrogen) atoms. The van der Waals surface area contributed by atoms with E-state index in [-0.39, 0.29) is 12.5 Å². The van der Waals surface area contributed by atoms with Gasteiger partial charge >= 0.3 is 0 Å². The number of hydrogen-bond acceptors (Lipinski definition) is 6. The van der Waals surface area contributed by atoms with Gasteiger partial charge in [-0.05, 0) is 31.5 Å². The van der Waals surface area contributed by atoms with Gasteiger partial charge in [0.2, 0.25) is 5.91 Å². The highest BCUT2D eigenvalue weighted by Gasteiger charge is 2.09. The van der Waals surface area contributed by atoms with E-state index in [1.165, 1.54) is 6.39 Å². The Labute approximate surface area is 144 Å². The second-order valence-electron chi connectivity index (χ2n) is 5.24. The molecule has 126 valence electrons. The fourth-order valence-electron chi connectivity index (χ4n) is 2.31. The first-order valence-corrected chi connectivity index (χ1v) is 7.65. The zero-order chi connectivity index (χ0) is 17.6. The Morgan fingerprint density at radius 1 is 1.32 bits per heavy atom. The standard InChI is InChI=1S/C18H17N5O2/c1-3-5-23(4-2)11-18(24)22-17-7-13-6-14(16-10-19-12-25-16)8-20-15(13)9-21-17/h3-10,12H,2,11H2,1H3,(H,21,22,24)/b5-3-. The summed E-state index contributed by atoms with van der Waals surface area (Å²) in [7, 11) is 0. The highest BCUT2D eigenvalue weighted by Crippen LogP contribution is 2.23. The largest absolute Gasteiger partial charge is 0.443 e. The molecular weight excluding hydrogens is 318 g/mol. The SMILES string of the molecule is C=CN(/C=C\C)CC(=O)Nc1cc2cc(-c3cnco3)cnc2cn1. The fourth-order valence-corrected chi connectivity index (χ4v) is 2.31. The number of nitrogens with zero attached hydrogens (tertiary/aromatic N) is 4. The van der Waals surface area contributed by atoms with Gasteiger partial charge < -0.3 is 14.6 Å². The minimum atomic E-state index is -0.191. The van der Waals surface area contributed by atoms with Crippen LogP contribution in [0.3, 0.4) is 0 Å². The van der Waals surface area contributed by atoms with Gasteiger partial charge in [-0.15, -0.1) is 0 Å². The van der Waals surface area contributed by atoms with Crippen molar-refractivity contribution < 1.29 is 9.21 Å². The number of pyridine rings is 2. The average molecular weight is 335 g/mol. The first kappa shape index (κ1) is 16.4. The van der Waals surface area contributed by atoms with Crippen LogP contribution < -0.4 is 5.32 Å². The third-order valence-corrected chi connectivity index (χ3v) is 3.45. The summed E-state index contributed by atoms with van der Waals surface area (Å²) in [4.78, 5) is 26.3. The topological polar surface area (TPSA) is 84.2 Å². The molecule has 0 unspecified atom stereocenters. The number of amides is 1. The molecule has 0 fully saturated rings. The number of hydrogen-bond donors (Lipinski definition) is 1. The van der Waals surface area contributed by atoms with Gasteiger partial charge in [0.05, 0.1) is 17.9 Å². The number of carbonyl (C=O) groups is 1. The van der Waals surface area contributed by atoms with Gasteiger partial charge in [-0.25, -0.2) is 9.97 Å². The summed E-state index contributed by atoms with van der Waals surface area (Å²) in [5, 5.41) is 3.62. The van der Waals surface area contributed by atoms with Crippen LogP contribution in [0.2, 0.25) is 0 Å². The summed E-state index contributed by atoms with van der Waals surface area (Å²) in [6.45, 7) is 5.70. The van der Waals surface area contributed by atoms with E-state index in [9.17, 15) is 4.79 Å². The molecule has 0 aliphatic heterocycles. The molecule has 0 atom stereocenters. The van der Waals surface area contributed by atoms with Gasteiger partial charge in [-0.3, -0.25) is 9.78 Å². The van der Waals surface area contributed by atoms with Gasteiger partial charge in [0.1, 0.15) is 12.4 Å². The maximum atomic E-state index is 12.1. The molecule has 3 aromatic heterocycles. The zero-order valence-corrected chi connectivity index (χ0v) is 13.7. The number of rotatable bonds is 6. The van der Waals surface area contributed by atoms with Crippen molar-refractivity contribution in [2.24, 2.45) is 0 Å². The third kappa shape index (κ3) is 3.89. The zero-order valence-electron chi connectivity index (χ0n) is 13.7. The van der Waals surface area contributed by atoms with Crippen molar-refractivity contribution >= 4 is 22.6 Å². The number of oxazole rings is 1. The molecule has 1 amide bonds. The van der Waals surface area contributed by atoms with E-state index in [4.69, 9.17) is 4.42 Å². The lowest BCUT2D eigenvalue weighted by Crippen LogP contribution is -2.26. The first-order chi connectivity index (χ1) is 12.2. The quantitative estimate of drug-likeness (QED) is 0.745. The molecule has 7 heteroatoms. The van der Waals surface area contributed by atoms with E-state index in [2.05, 4.69) is 26.8 Å². The smallest absolute Gasteiger partial charge is 0.245 e. The summed E-state index contributed by atoms with van der Waals surface area (Å²) in [5.41, 5.74) is 1.53. The molecule has 3 heterocycles. The molecule has 0 radical (unpaired) electrons. The van der Waals surface area contributed by atoms with Gasteiger partial charge in [0, 0.05) is 17.1 Å². The van der Waals surface area contributed by atoms with Crippen molar-refractivity contribution in [3.63, 3.8) is 0 Å². The highest BCUT2D eigenvalue weighted by molar-refractivity contribution is 5.93. The molecule has 0 bridgehead atoms. The van der Waals surface area contributed by atoms with Crippen molar-refractivity contribution in [1.82, 2.24) is 19.9 Å². The number of allylic oxidation sites excluding steroid dienone is 1. The number of aromatic nitrogens is 3. The van der Waals surface area contributed by atoms with Gasteiger partial charge in [0.15, 0.2) is 12.2 Å². The van der Waals surface area contributed by atoms with E-state index in [1.807, 2.05) is 19.1 Å². The predicted octanol–water partition coefficient (Wildman–Crippen LogP) is 3.20. The van der Waals surface area contributed by atoms with Crippen LogP contribution in [-0.2, 0) is 4.79 Å². The molecule has 3 aromatic rings. The molecule has 0 saturated heterocycles. The van der Waals surface area contributed by atoms with Crippen LogP contribution >= 0.6 is 0 Å². The summed E-state index contributed by atoms with van der Waals surface area (Å²) in [5.74, 6) is 0.896. The van der Waals surface area contributed by atoms with Crippen LogP contribution in [0.25, 0.3) is 22.2 Å². The Balaban J connectivity index is 1.80. The highest BCUT2D eigenvalue weighted by atomic mass is 16.3. The molecule has 7 nitrogen and oxygen atoms in total. The number of fused-ring (bicyclic) bond motifs is 1. The van der Waals surface area contributed by atoms with Crippen LogP contribution in [0, 0.1) is 0 Å². The van der Waals surface area contributed by atoms with Crippen molar-refractivity contribution in [1.29, 1.82) is 0 Å². The summed E-state index contributed by atoms with van der Waals surface area (Å²) in [6, 6.07) is 3.68. The molecule has 0 saturated carbocycles. The summed E-state index contributed by atoms with van der Waals surface area (Å²) >= 11 is 0. The van der Waals surface area contributed by atoms with Crippen LogP contribution in [0.1, 0.15) is 6.92 Å². The molecule has 0 aliphatic carbocycles. The van der Waals surface area contributed by atoms with E-state index in [0.717, 1.165) is 16.5 Å². The minimum absolute atomic E-state index is 0.157. The molecule has 1 N–H and O–H groups in total. The molecule has 0 spiro atoms. The van der Waals surface area contributed by atoms with Gasteiger partial charge in [0.25, 0.3) is 0 Å². The van der Waals surface area contributed by atoms with Crippen molar-refractivity contribution in [2.75, 3.05) is 11.9 Å². The van der Waals surface area contributed by atoms with E-state index < -0.39 is 0 Å². The Bertz CT molecular complexity index is 918. The Kier molecular flexibility index (Phi) is 4.84. The van der Waals surface area contributed by atoms with Crippen LogP contribution in [0.15, 0.2) is 66.6 Å². The maximum absolute atomic E-state index is 12.1. The Morgan fingerprint density at radius 3 is 2.92 bits per heavy atom. The molecule has 3 rings (SSSR count). The normalized spacial score (nSPS) is 10.9. The fraction of sp³-hybridized carbons (Fsp3) is 0.111. The Hall–Kier alpha value is -3.48. The summed E-state index contributed by atoms with van der Waals surface area (Å²) in [6.07, 6.45) is 11.5. The predicted molar refractivity (Wildman–Crippen MR) is 95.4 cm³/mol. The van der Waals surface area contributed by atoms with Crippen molar-refractivity contribution in [3.05, 3.63) is 62.2 Å². The number of anilines is 1. The van der Waals surface area contributed by atoms with E-state index >= 15 is 0 Å². The second kappa shape index (κ2) is 7.39. The minimum Gasteiger partial charge on any atom is -0.443 e. The monoisotopic (exact) mass is 335 g/mol. The number of nitrogens with one attached hydrogen (secondary N) is 1. The lowest BCUT2D eigenvalue weighted by molar-refractivity contribution is -0.116. The maximum Gasteiger partial charge on any atom is 0.245 e. The van der Waals surface area contributed by atoms with Crippen LogP contribution in [0.4, 0.5) is 5.82 Å². The van der Waals surface area contributed by atoms with Gasteiger partial charge in [-0.2, -0.15) is 0 Å². The van der Waals surface area contributed by atoms with Crippen molar-refractivity contribution in [3.8, 4) is 11.3 Å². The second-order valence-corrected chi connectivity index (χ2v) is 5.24.